The number of rotatable bonds is 8. The Balaban J connectivity index is 1.88. The van der Waals surface area contributed by atoms with Gasteiger partial charge in [0.05, 0.1) is 18.2 Å². The van der Waals surface area contributed by atoms with E-state index in [-0.39, 0.29) is 17.6 Å². The van der Waals surface area contributed by atoms with Crippen LogP contribution in [-0.2, 0) is 11.8 Å². The summed E-state index contributed by atoms with van der Waals surface area (Å²) in [6.07, 6.45) is 10.8. The van der Waals surface area contributed by atoms with Gasteiger partial charge in [0, 0.05) is 32.9 Å². The number of imidazole rings is 1. The second kappa shape index (κ2) is 6.71. The molecule has 1 aliphatic rings. The molecule has 1 aromatic rings. The van der Waals surface area contributed by atoms with Crippen molar-refractivity contribution in [3.63, 3.8) is 0 Å². The summed E-state index contributed by atoms with van der Waals surface area (Å²) in [5.41, 5.74) is 0.491. The van der Waals surface area contributed by atoms with Crippen LogP contribution in [0, 0.1) is 12.3 Å². The van der Waals surface area contributed by atoms with Gasteiger partial charge in [-0.25, -0.2) is 4.98 Å². The van der Waals surface area contributed by atoms with Crippen molar-refractivity contribution >= 4 is 5.91 Å². The van der Waals surface area contributed by atoms with E-state index in [1.165, 1.54) is 0 Å². The summed E-state index contributed by atoms with van der Waals surface area (Å²) in [6.45, 7) is 0.526. The first-order valence-electron chi connectivity index (χ1n) is 7.27. The molecular weight excluding hydrogens is 280 g/mol. The fraction of sp³-hybridized carbons (Fsp3) is 0.600. The van der Waals surface area contributed by atoms with Gasteiger partial charge in [-0.1, -0.05) is 0 Å². The minimum atomic E-state index is -0.373. The number of nitrogens with one attached hydrogen (secondary N) is 1. The molecule has 1 amide bonds. The highest BCUT2D eigenvalue weighted by atomic mass is 16.2. The number of amides is 1. The predicted octanol–water partition coefficient (Wildman–Crippen LogP) is 1.10. The Kier molecular flexibility index (Phi) is 4.93. The first-order chi connectivity index (χ1) is 10.5. The van der Waals surface area contributed by atoms with E-state index in [1.807, 2.05) is 30.6 Å². The molecule has 7 heteroatoms. The van der Waals surface area contributed by atoms with E-state index in [0.717, 1.165) is 12.1 Å². The van der Waals surface area contributed by atoms with Gasteiger partial charge in [0.2, 0.25) is 5.91 Å². The molecule has 7 nitrogen and oxygen atoms in total. The molecule has 0 radical (unpaired) electrons. The number of hydrogen-bond acceptors (Lipinski definition) is 5. The Labute approximate surface area is 130 Å². The monoisotopic (exact) mass is 302 g/mol. The summed E-state index contributed by atoms with van der Waals surface area (Å²) in [5, 5.41) is 11.1. The van der Waals surface area contributed by atoms with E-state index >= 15 is 0 Å². The topological polar surface area (TPSA) is 74.9 Å². The van der Waals surface area contributed by atoms with Crippen LogP contribution in [0.2, 0.25) is 0 Å². The van der Waals surface area contributed by atoms with E-state index in [4.69, 9.17) is 6.42 Å². The summed E-state index contributed by atoms with van der Waals surface area (Å²) < 4.78 is 1.85. The zero-order valence-electron chi connectivity index (χ0n) is 13.3. The number of terminal acetylenes is 1. The number of nitrogens with zero attached hydrogens (tertiary/aromatic N) is 5. The number of carbonyl (C=O) groups excluding carboxylic acids is 1. The minimum absolute atomic E-state index is 0.0543. The Morgan fingerprint density at radius 2 is 2.23 bits per heavy atom. The quantitative estimate of drug-likeness (QED) is 0.731. The second-order valence-corrected chi connectivity index (χ2v) is 5.72. The zero-order valence-corrected chi connectivity index (χ0v) is 13.3. The number of carbonyl (C=O) groups is 1. The maximum Gasteiger partial charge on any atom is 0.243 e. The first-order valence-corrected chi connectivity index (χ1v) is 7.27. The van der Waals surface area contributed by atoms with E-state index in [0.29, 0.717) is 19.4 Å². The van der Waals surface area contributed by atoms with Crippen molar-refractivity contribution in [3.8, 4) is 12.3 Å². The van der Waals surface area contributed by atoms with Gasteiger partial charge in [-0.15, -0.1) is 12.3 Å². The molecule has 0 saturated heterocycles. The minimum Gasteiger partial charge on any atom is -0.354 e. The molecule has 1 aliphatic heterocycles. The standard InChI is InChI=1S/C15H22N6O/c1-5-6-7-15(18-19-15)8-9-17-14(22)13(20(2)3)12-10-16-11-21(12)4/h1,10-11,13H,6-9H2,2-4H3,(H,17,22). The molecule has 22 heavy (non-hydrogen) atoms. The molecule has 2 rings (SSSR count). The third-order valence-corrected chi connectivity index (χ3v) is 3.78. The van der Waals surface area contributed by atoms with Gasteiger partial charge >= 0.3 is 0 Å². The lowest BCUT2D eigenvalue weighted by atomic mass is 10.0. The average Bonchev–Trinajstić information content (AvgIpc) is 3.12. The molecule has 0 spiro atoms. The van der Waals surface area contributed by atoms with Crippen LogP contribution in [0.3, 0.4) is 0 Å². The number of aryl methyl sites for hydroxylation is 1. The van der Waals surface area contributed by atoms with Gasteiger partial charge < -0.3 is 9.88 Å². The highest BCUT2D eigenvalue weighted by Crippen LogP contribution is 2.36. The Morgan fingerprint density at radius 1 is 1.50 bits per heavy atom. The van der Waals surface area contributed by atoms with Crippen molar-refractivity contribution in [3.05, 3.63) is 18.2 Å². The fourth-order valence-electron chi connectivity index (χ4n) is 2.41. The van der Waals surface area contributed by atoms with Crippen LogP contribution in [0.15, 0.2) is 22.8 Å². The number of likely N-dealkylation sites (N-methyl/N-ethyl adjacent to an activating group) is 1. The summed E-state index contributed by atoms with van der Waals surface area (Å²) in [7, 11) is 5.62. The number of hydrogen-bond donors (Lipinski definition) is 1. The first kappa shape index (κ1) is 16.2. The highest BCUT2D eigenvalue weighted by molar-refractivity contribution is 5.82. The van der Waals surface area contributed by atoms with Gasteiger partial charge in [-0.3, -0.25) is 9.69 Å². The molecule has 0 aliphatic carbocycles. The SMILES string of the molecule is C#CCCC1(CCNC(=O)C(c2cncn2C)N(C)C)N=N1. The maximum absolute atomic E-state index is 12.5. The van der Waals surface area contributed by atoms with Crippen LogP contribution >= 0.6 is 0 Å². The Hall–Kier alpha value is -2.20. The highest BCUT2D eigenvalue weighted by Gasteiger charge is 2.39. The lowest BCUT2D eigenvalue weighted by Gasteiger charge is -2.23. The van der Waals surface area contributed by atoms with Gasteiger partial charge in [-0.2, -0.15) is 10.2 Å². The van der Waals surface area contributed by atoms with Gasteiger partial charge in [0.1, 0.15) is 6.04 Å². The van der Waals surface area contributed by atoms with Crippen LogP contribution in [0.5, 0.6) is 0 Å². The van der Waals surface area contributed by atoms with E-state index in [9.17, 15) is 4.79 Å². The maximum atomic E-state index is 12.5. The van der Waals surface area contributed by atoms with Crippen LogP contribution < -0.4 is 5.32 Å². The van der Waals surface area contributed by atoms with Gasteiger partial charge in [0.15, 0.2) is 5.66 Å². The predicted molar refractivity (Wildman–Crippen MR) is 82.9 cm³/mol. The summed E-state index contributed by atoms with van der Waals surface area (Å²) in [5.74, 6) is 2.54. The van der Waals surface area contributed by atoms with Gasteiger partial charge in [0.25, 0.3) is 0 Å². The van der Waals surface area contributed by atoms with Crippen LogP contribution in [0.25, 0.3) is 0 Å². The third kappa shape index (κ3) is 3.71. The van der Waals surface area contributed by atoms with Crippen molar-refractivity contribution in [2.45, 2.75) is 31.0 Å². The fourth-order valence-corrected chi connectivity index (χ4v) is 2.41. The molecule has 1 unspecified atom stereocenters. The molecular formula is C15H22N6O. The molecule has 0 saturated carbocycles. The second-order valence-electron chi connectivity index (χ2n) is 5.72. The Bertz CT molecular complexity index is 591. The third-order valence-electron chi connectivity index (χ3n) is 3.78. The molecule has 0 fully saturated rings. The summed E-state index contributed by atoms with van der Waals surface area (Å²) in [6, 6.07) is -0.373. The molecule has 0 bridgehead atoms. The van der Waals surface area contributed by atoms with Crippen LogP contribution in [-0.4, -0.2) is 46.7 Å². The van der Waals surface area contributed by atoms with Crippen molar-refractivity contribution in [1.29, 1.82) is 0 Å². The van der Waals surface area contributed by atoms with Gasteiger partial charge in [-0.05, 0) is 14.1 Å². The number of aromatic nitrogens is 2. The average molecular weight is 302 g/mol. The van der Waals surface area contributed by atoms with E-state index < -0.39 is 0 Å². The van der Waals surface area contributed by atoms with Crippen LogP contribution in [0.4, 0.5) is 0 Å². The largest absolute Gasteiger partial charge is 0.354 e. The molecule has 1 atom stereocenters. The van der Waals surface area contributed by atoms with Crippen molar-refractivity contribution < 1.29 is 4.79 Å². The summed E-state index contributed by atoms with van der Waals surface area (Å²) in [4.78, 5) is 18.4. The Morgan fingerprint density at radius 3 is 2.73 bits per heavy atom. The van der Waals surface area contributed by atoms with Crippen molar-refractivity contribution in [1.82, 2.24) is 19.8 Å². The molecule has 1 aromatic heterocycles. The lowest BCUT2D eigenvalue weighted by molar-refractivity contribution is -0.126. The smallest absolute Gasteiger partial charge is 0.243 e. The molecule has 1 N–H and O–H groups in total. The van der Waals surface area contributed by atoms with E-state index in [2.05, 4.69) is 26.4 Å². The molecule has 0 aromatic carbocycles. The van der Waals surface area contributed by atoms with Crippen molar-refractivity contribution in [2.24, 2.45) is 17.3 Å². The summed E-state index contributed by atoms with van der Waals surface area (Å²) >= 11 is 0. The normalized spacial score (nSPS) is 16.3. The van der Waals surface area contributed by atoms with Crippen LogP contribution in [0.1, 0.15) is 31.0 Å². The van der Waals surface area contributed by atoms with Crippen molar-refractivity contribution in [2.75, 3.05) is 20.6 Å². The lowest BCUT2D eigenvalue weighted by Crippen LogP contribution is -2.39. The zero-order chi connectivity index (χ0) is 16.2. The molecule has 118 valence electrons. The molecule has 2 heterocycles. The van der Waals surface area contributed by atoms with E-state index in [1.54, 1.807) is 12.5 Å².